The first-order valence-electron chi connectivity index (χ1n) is 4.85. The molecule has 84 valence electrons. The minimum Gasteiger partial charge on any atom is -0.377 e. The Bertz CT molecular complexity index is 166. The Labute approximate surface area is 91.3 Å². The van der Waals surface area contributed by atoms with Gasteiger partial charge >= 0.3 is 0 Å². The van der Waals surface area contributed by atoms with Crippen molar-refractivity contribution < 1.29 is 9.47 Å². The quantitative estimate of drug-likeness (QED) is 0.713. The highest BCUT2D eigenvalue weighted by Crippen LogP contribution is 2.19. The molecule has 2 saturated heterocycles. The highest BCUT2D eigenvalue weighted by atomic mass is 35.5. The predicted octanol–water partition coefficient (Wildman–Crippen LogP) is -0.274. The van der Waals surface area contributed by atoms with E-state index < -0.39 is 0 Å². The third kappa shape index (κ3) is 2.20. The maximum atomic E-state index is 5.38. The topological polar surface area (TPSA) is 33.7 Å². The van der Waals surface area contributed by atoms with Gasteiger partial charge in [-0.3, -0.25) is 4.90 Å². The molecular formula is C9H19ClN2O2. The minimum atomic E-state index is 0. The summed E-state index contributed by atoms with van der Waals surface area (Å²) < 4.78 is 10.8. The summed E-state index contributed by atoms with van der Waals surface area (Å²) in [5.41, 5.74) is 0. The molecule has 0 aromatic heterocycles. The number of methoxy groups -OCH3 is 2. The van der Waals surface area contributed by atoms with Gasteiger partial charge in [-0.15, -0.1) is 12.4 Å². The Morgan fingerprint density at radius 2 is 1.57 bits per heavy atom. The van der Waals surface area contributed by atoms with E-state index in [9.17, 15) is 0 Å². The number of nitrogens with one attached hydrogen (secondary N) is 1. The van der Waals surface area contributed by atoms with E-state index in [1.54, 1.807) is 14.2 Å². The molecule has 0 spiro atoms. The molecule has 14 heavy (non-hydrogen) atoms. The van der Waals surface area contributed by atoms with Crippen molar-refractivity contribution >= 4 is 12.4 Å². The zero-order valence-corrected chi connectivity index (χ0v) is 9.55. The Morgan fingerprint density at radius 1 is 1.07 bits per heavy atom. The van der Waals surface area contributed by atoms with Crippen molar-refractivity contribution in [1.29, 1.82) is 0 Å². The van der Waals surface area contributed by atoms with Gasteiger partial charge in [0.1, 0.15) is 0 Å². The monoisotopic (exact) mass is 222 g/mol. The third-order valence-electron chi connectivity index (χ3n) is 3.13. The molecule has 2 fully saturated rings. The minimum absolute atomic E-state index is 0. The Morgan fingerprint density at radius 3 is 1.86 bits per heavy atom. The first-order chi connectivity index (χ1) is 6.35. The zero-order chi connectivity index (χ0) is 9.26. The molecule has 1 N–H and O–H groups in total. The van der Waals surface area contributed by atoms with Crippen LogP contribution in [0.1, 0.15) is 0 Å². The molecule has 5 heteroatoms. The molecule has 2 heterocycles. The lowest BCUT2D eigenvalue weighted by Gasteiger charge is -2.35. The van der Waals surface area contributed by atoms with Crippen LogP contribution >= 0.6 is 12.4 Å². The molecule has 0 aromatic rings. The summed E-state index contributed by atoms with van der Waals surface area (Å²) in [7, 11) is 3.53. The molecule has 2 atom stereocenters. The average Bonchev–Trinajstić information content (AvgIpc) is 2.44. The molecule has 2 aliphatic heterocycles. The molecule has 4 nitrogen and oxygen atoms in total. The van der Waals surface area contributed by atoms with Gasteiger partial charge in [0.15, 0.2) is 0 Å². The smallest absolute Gasteiger partial charge is 0.0971 e. The highest BCUT2D eigenvalue weighted by molar-refractivity contribution is 5.85. The van der Waals surface area contributed by atoms with Crippen molar-refractivity contribution in [2.75, 3.05) is 40.4 Å². The summed E-state index contributed by atoms with van der Waals surface area (Å²) in [6, 6.07) is 0.706. The molecule has 0 amide bonds. The number of rotatable bonds is 3. The van der Waals surface area contributed by atoms with Crippen LogP contribution in [0.2, 0.25) is 0 Å². The fourth-order valence-electron chi connectivity index (χ4n) is 2.05. The van der Waals surface area contributed by atoms with Crippen molar-refractivity contribution in [2.45, 2.75) is 18.2 Å². The lowest BCUT2D eigenvalue weighted by Crippen LogP contribution is -2.56. The summed E-state index contributed by atoms with van der Waals surface area (Å²) in [5, 5.41) is 3.28. The molecule has 0 aliphatic carbocycles. The van der Waals surface area contributed by atoms with E-state index in [2.05, 4.69) is 10.2 Å². The summed E-state index contributed by atoms with van der Waals surface area (Å²) in [5.74, 6) is 0. The van der Waals surface area contributed by atoms with E-state index in [0.717, 1.165) is 26.2 Å². The molecule has 0 aromatic carbocycles. The highest BCUT2D eigenvalue weighted by Gasteiger charge is 2.37. The number of hydrogen-bond acceptors (Lipinski definition) is 4. The fourth-order valence-corrected chi connectivity index (χ4v) is 2.05. The van der Waals surface area contributed by atoms with Crippen LogP contribution in [0.3, 0.4) is 0 Å². The van der Waals surface area contributed by atoms with Gasteiger partial charge in [0.2, 0.25) is 0 Å². The van der Waals surface area contributed by atoms with Gasteiger partial charge in [0.05, 0.1) is 12.2 Å². The van der Waals surface area contributed by atoms with Gasteiger partial charge in [0.25, 0.3) is 0 Å². The van der Waals surface area contributed by atoms with Crippen LogP contribution in [0, 0.1) is 0 Å². The van der Waals surface area contributed by atoms with Gasteiger partial charge in [0, 0.05) is 46.4 Å². The summed E-state index contributed by atoms with van der Waals surface area (Å²) >= 11 is 0. The Balaban J connectivity index is 0.000000980. The first-order valence-corrected chi connectivity index (χ1v) is 4.85. The van der Waals surface area contributed by atoms with E-state index >= 15 is 0 Å². The second-order valence-corrected chi connectivity index (χ2v) is 3.81. The molecule has 2 rings (SSSR count). The lowest BCUT2D eigenvalue weighted by atomic mass is 10.1. The van der Waals surface area contributed by atoms with E-state index in [0.29, 0.717) is 6.04 Å². The fraction of sp³-hybridized carbons (Fsp3) is 1.00. The van der Waals surface area contributed by atoms with E-state index in [1.807, 2.05) is 0 Å². The van der Waals surface area contributed by atoms with Crippen LogP contribution in [0.15, 0.2) is 0 Å². The number of likely N-dealkylation sites (tertiary alicyclic amines) is 1. The SMILES string of the molecule is CO[C@H]1CN(C2CNC2)C[C@H]1OC.Cl. The Hall–Kier alpha value is 0.130. The normalized spacial score (nSPS) is 33.9. The van der Waals surface area contributed by atoms with Crippen molar-refractivity contribution in [3.63, 3.8) is 0 Å². The first kappa shape index (κ1) is 12.2. The van der Waals surface area contributed by atoms with E-state index in [4.69, 9.17) is 9.47 Å². The number of hydrogen-bond donors (Lipinski definition) is 1. The van der Waals surface area contributed by atoms with Crippen LogP contribution in [-0.2, 0) is 9.47 Å². The molecule has 0 saturated carbocycles. The van der Waals surface area contributed by atoms with Crippen LogP contribution in [-0.4, -0.2) is 63.5 Å². The summed E-state index contributed by atoms with van der Waals surface area (Å²) in [4.78, 5) is 2.46. The largest absolute Gasteiger partial charge is 0.377 e. The van der Waals surface area contributed by atoms with Gasteiger partial charge in [-0.25, -0.2) is 0 Å². The van der Waals surface area contributed by atoms with Crippen LogP contribution in [0.25, 0.3) is 0 Å². The number of nitrogens with zero attached hydrogens (tertiary/aromatic N) is 1. The van der Waals surface area contributed by atoms with Gasteiger partial charge in [-0.05, 0) is 0 Å². The molecule has 2 aliphatic rings. The van der Waals surface area contributed by atoms with Gasteiger partial charge in [-0.2, -0.15) is 0 Å². The zero-order valence-electron chi connectivity index (χ0n) is 8.73. The van der Waals surface area contributed by atoms with Gasteiger partial charge in [-0.1, -0.05) is 0 Å². The van der Waals surface area contributed by atoms with Crippen LogP contribution < -0.4 is 5.32 Å². The number of ether oxygens (including phenoxy) is 2. The maximum Gasteiger partial charge on any atom is 0.0971 e. The van der Waals surface area contributed by atoms with E-state index in [-0.39, 0.29) is 24.6 Å². The van der Waals surface area contributed by atoms with Gasteiger partial charge < -0.3 is 14.8 Å². The predicted molar refractivity (Wildman–Crippen MR) is 57.1 cm³/mol. The third-order valence-corrected chi connectivity index (χ3v) is 3.13. The van der Waals surface area contributed by atoms with Crippen molar-refractivity contribution in [1.82, 2.24) is 10.2 Å². The van der Waals surface area contributed by atoms with Crippen molar-refractivity contribution in [3.05, 3.63) is 0 Å². The maximum absolute atomic E-state index is 5.38. The van der Waals surface area contributed by atoms with Crippen LogP contribution in [0.5, 0.6) is 0 Å². The molecule has 0 bridgehead atoms. The second kappa shape index (κ2) is 5.28. The van der Waals surface area contributed by atoms with E-state index in [1.165, 1.54) is 0 Å². The summed E-state index contributed by atoms with van der Waals surface area (Å²) in [6.07, 6.45) is 0.510. The number of halogens is 1. The second-order valence-electron chi connectivity index (χ2n) is 3.81. The average molecular weight is 223 g/mol. The molecule has 0 radical (unpaired) electrons. The molecule has 0 unspecified atom stereocenters. The lowest BCUT2D eigenvalue weighted by molar-refractivity contribution is -0.00461. The molecular weight excluding hydrogens is 204 g/mol. The summed E-state index contributed by atoms with van der Waals surface area (Å²) in [6.45, 7) is 4.27. The Kier molecular flexibility index (Phi) is 4.60. The van der Waals surface area contributed by atoms with Crippen LogP contribution in [0.4, 0.5) is 0 Å². The van der Waals surface area contributed by atoms with Crippen molar-refractivity contribution in [3.8, 4) is 0 Å². The standard InChI is InChI=1S/C9H18N2O2.ClH/c1-12-8-5-11(6-9(8)13-2)7-3-10-4-7;/h7-10H,3-6H2,1-2H3;1H/t8-,9+;. The van der Waals surface area contributed by atoms with Crippen molar-refractivity contribution in [2.24, 2.45) is 0 Å².